The van der Waals surface area contributed by atoms with Crippen LogP contribution in [0, 0.1) is 5.92 Å². The molecule has 2 aliphatic rings. The van der Waals surface area contributed by atoms with Crippen molar-refractivity contribution >= 4 is 5.71 Å². The van der Waals surface area contributed by atoms with E-state index in [0.29, 0.717) is 0 Å². The van der Waals surface area contributed by atoms with Gasteiger partial charge >= 0.3 is 0 Å². The van der Waals surface area contributed by atoms with Crippen molar-refractivity contribution in [3.63, 3.8) is 0 Å². The van der Waals surface area contributed by atoms with Gasteiger partial charge in [0.1, 0.15) is 0 Å². The molecule has 2 aliphatic carbocycles. The van der Waals surface area contributed by atoms with E-state index in [1.54, 1.807) is 0 Å². The van der Waals surface area contributed by atoms with Crippen LogP contribution < -0.4 is 0 Å². The zero-order valence-electron chi connectivity index (χ0n) is 11.8. The van der Waals surface area contributed by atoms with Gasteiger partial charge in [-0.2, -0.15) is 0 Å². The first-order chi connectivity index (χ1) is 8.86. The van der Waals surface area contributed by atoms with E-state index in [9.17, 15) is 0 Å². The highest BCUT2D eigenvalue weighted by atomic mass is 14.7. The second-order valence-corrected chi connectivity index (χ2v) is 5.34. The van der Waals surface area contributed by atoms with Crippen LogP contribution in [0.1, 0.15) is 51.9 Å². The van der Waals surface area contributed by atoms with Gasteiger partial charge in [-0.15, -0.1) is 0 Å². The van der Waals surface area contributed by atoms with Gasteiger partial charge in [-0.1, -0.05) is 56.4 Å². The van der Waals surface area contributed by atoms with Crippen molar-refractivity contribution in [2.45, 2.75) is 51.9 Å². The third-order valence-corrected chi connectivity index (χ3v) is 4.18. The Morgan fingerprint density at radius 3 is 2.39 bits per heavy atom. The summed E-state index contributed by atoms with van der Waals surface area (Å²) in [4.78, 5) is 4.54. The van der Waals surface area contributed by atoms with E-state index in [4.69, 9.17) is 0 Å². The van der Waals surface area contributed by atoms with Gasteiger partial charge < -0.3 is 0 Å². The summed E-state index contributed by atoms with van der Waals surface area (Å²) in [6.45, 7) is 2.10. The van der Waals surface area contributed by atoms with E-state index in [1.165, 1.54) is 61.8 Å². The quantitative estimate of drug-likeness (QED) is 0.623. The maximum absolute atomic E-state index is 4.54. The lowest BCUT2D eigenvalue weighted by molar-refractivity contribution is 0.427. The zero-order chi connectivity index (χ0) is 12.8. The molecule has 0 unspecified atom stereocenters. The lowest BCUT2D eigenvalue weighted by Gasteiger charge is -2.25. The van der Waals surface area contributed by atoms with E-state index >= 15 is 0 Å². The molecule has 0 aliphatic heterocycles. The van der Waals surface area contributed by atoms with E-state index in [-0.39, 0.29) is 0 Å². The first-order valence-electron chi connectivity index (χ1n) is 7.39. The fourth-order valence-electron chi connectivity index (χ4n) is 3.17. The van der Waals surface area contributed by atoms with Crippen molar-refractivity contribution in [1.29, 1.82) is 0 Å². The predicted molar refractivity (Wildman–Crippen MR) is 80.1 cm³/mol. The van der Waals surface area contributed by atoms with Gasteiger partial charge in [0.25, 0.3) is 0 Å². The molecule has 0 atom stereocenters. The summed E-state index contributed by atoms with van der Waals surface area (Å²) >= 11 is 0. The molecule has 98 valence electrons. The second-order valence-electron chi connectivity index (χ2n) is 5.34. The highest BCUT2D eigenvalue weighted by Crippen LogP contribution is 2.32. The van der Waals surface area contributed by atoms with E-state index < -0.39 is 0 Å². The van der Waals surface area contributed by atoms with Crippen LogP contribution in [0.15, 0.2) is 40.4 Å². The van der Waals surface area contributed by atoms with E-state index in [2.05, 4.69) is 36.2 Å². The summed E-state index contributed by atoms with van der Waals surface area (Å²) in [6, 6.07) is 0. The molecule has 0 amide bonds. The summed E-state index contributed by atoms with van der Waals surface area (Å²) in [5.74, 6) is 0.726. The van der Waals surface area contributed by atoms with E-state index in [0.717, 1.165) is 5.92 Å². The van der Waals surface area contributed by atoms with Crippen LogP contribution in [0.4, 0.5) is 0 Å². The van der Waals surface area contributed by atoms with Crippen molar-refractivity contribution in [3.05, 3.63) is 35.5 Å². The van der Waals surface area contributed by atoms with Crippen molar-refractivity contribution in [3.8, 4) is 0 Å². The monoisotopic (exact) mass is 243 g/mol. The Kier molecular flexibility index (Phi) is 4.98. The Labute approximate surface area is 111 Å². The van der Waals surface area contributed by atoms with Crippen LogP contribution in [-0.2, 0) is 0 Å². The first kappa shape index (κ1) is 13.3. The third kappa shape index (κ3) is 3.01. The van der Waals surface area contributed by atoms with Gasteiger partial charge in [-0.25, -0.2) is 0 Å². The molecule has 0 radical (unpaired) electrons. The van der Waals surface area contributed by atoms with Crippen LogP contribution in [0.3, 0.4) is 0 Å². The van der Waals surface area contributed by atoms with Gasteiger partial charge in [0.15, 0.2) is 0 Å². The summed E-state index contributed by atoms with van der Waals surface area (Å²) in [5.41, 5.74) is 4.00. The number of allylic oxidation sites excluding steroid dienone is 6. The van der Waals surface area contributed by atoms with Crippen LogP contribution in [0.5, 0.6) is 0 Å². The average molecular weight is 243 g/mol. The number of hydrogen-bond acceptors (Lipinski definition) is 1. The van der Waals surface area contributed by atoms with Crippen LogP contribution in [-0.4, -0.2) is 12.8 Å². The van der Waals surface area contributed by atoms with Crippen molar-refractivity contribution < 1.29 is 0 Å². The van der Waals surface area contributed by atoms with Crippen LogP contribution in [0.25, 0.3) is 0 Å². The molecule has 0 heterocycles. The van der Waals surface area contributed by atoms with Gasteiger partial charge in [-0.3, -0.25) is 4.99 Å². The van der Waals surface area contributed by atoms with Crippen LogP contribution >= 0.6 is 0 Å². The topological polar surface area (TPSA) is 12.4 Å². The molecule has 2 rings (SSSR count). The van der Waals surface area contributed by atoms with E-state index in [1.807, 2.05) is 7.05 Å². The SMILES string of the molecule is C/C=C1/C=CC=C(C2CCCCCCC2)C1=NC. The fraction of sp³-hybridized carbons (Fsp3) is 0.588. The lowest BCUT2D eigenvalue weighted by atomic mass is 9.80. The van der Waals surface area contributed by atoms with Gasteiger partial charge in [0.2, 0.25) is 0 Å². The summed E-state index contributed by atoms with van der Waals surface area (Å²) in [5, 5.41) is 0. The molecule has 0 aromatic heterocycles. The second kappa shape index (κ2) is 6.72. The van der Waals surface area contributed by atoms with Crippen molar-refractivity contribution in [2.24, 2.45) is 10.9 Å². The maximum atomic E-state index is 4.54. The Morgan fingerprint density at radius 1 is 1.11 bits per heavy atom. The molecule has 1 nitrogen and oxygen atoms in total. The number of rotatable bonds is 1. The summed E-state index contributed by atoms with van der Waals surface area (Å²) < 4.78 is 0. The average Bonchev–Trinajstić information content (AvgIpc) is 2.37. The number of hydrogen-bond donors (Lipinski definition) is 0. The fourth-order valence-corrected chi connectivity index (χ4v) is 3.17. The van der Waals surface area contributed by atoms with Gasteiger partial charge in [0, 0.05) is 7.05 Å². The van der Waals surface area contributed by atoms with Gasteiger partial charge in [-0.05, 0) is 36.8 Å². The summed E-state index contributed by atoms with van der Waals surface area (Å²) in [6.07, 6.45) is 18.5. The Morgan fingerprint density at radius 2 is 1.78 bits per heavy atom. The molecule has 0 spiro atoms. The first-order valence-corrected chi connectivity index (χ1v) is 7.39. The molecule has 1 fully saturated rings. The highest BCUT2D eigenvalue weighted by Gasteiger charge is 2.22. The maximum Gasteiger partial charge on any atom is 0.0674 e. The molecule has 1 saturated carbocycles. The molecular formula is C17H25N. The molecule has 0 bridgehead atoms. The Hall–Kier alpha value is -1.11. The molecule has 1 heteroatoms. The molecule has 0 saturated heterocycles. The molecule has 0 N–H and O–H groups in total. The molecular weight excluding hydrogens is 218 g/mol. The smallest absolute Gasteiger partial charge is 0.0674 e. The highest BCUT2D eigenvalue weighted by molar-refractivity contribution is 6.15. The van der Waals surface area contributed by atoms with Crippen LogP contribution in [0.2, 0.25) is 0 Å². The van der Waals surface area contributed by atoms with Gasteiger partial charge in [0.05, 0.1) is 5.71 Å². The number of nitrogens with zero attached hydrogens (tertiary/aromatic N) is 1. The number of aliphatic imine (C=N–C) groups is 1. The normalized spacial score (nSPS) is 27.1. The minimum absolute atomic E-state index is 0.726. The molecule has 18 heavy (non-hydrogen) atoms. The predicted octanol–water partition coefficient (Wildman–Crippen LogP) is 4.86. The summed E-state index contributed by atoms with van der Waals surface area (Å²) in [7, 11) is 1.93. The molecule has 0 aromatic rings. The minimum atomic E-state index is 0.726. The van der Waals surface area contributed by atoms with Crippen molar-refractivity contribution in [2.75, 3.05) is 7.05 Å². The largest absolute Gasteiger partial charge is 0.288 e. The molecule has 0 aromatic carbocycles. The Balaban J connectivity index is 2.19. The standard InChI is InChI=1S/C17H25N/c1-3-14-12-9-13-16(17(14)18-2)15-10-7-5-4-6-8-11-15/h3,9,12-13,15H,4-8,10-11H2,1-2H3/b14-3-,18-17?. The van der Waals surface area contributed by atoms with Crippen molar-refractivity contribution in [1.82, 2.24) is 0 Å². The minimum Gasteiger partial charge on any atom is -0.288 e. The third-order valence-electron chi connectivity index (χ3n) is 4.18. The lowest BCUT2D eigenvalue weighted by Crippen LogP contribution is -2.18. The Bertz CT molecular complexity index is 388. The zero-order valence-corrected chi connectivity index (χ0v) is 11.8.